The fraction of sp³-hybridized carbons (Fsp3) is 0.238. The molecular weight excluding hydrogens is 360 g/mol. The summed E-state index contributed by atoms with van der Waals surface area (Å²) >= 11 is 0. The van der Waals surface area contributed by atoms with Crippen molar-refractivity contribution in [3.05, 3.63) is 71.8 Å². The Labute approximate surface area is 163 Å². The predicted octanol–water partition coefficient (Wildman–Crippen LogP) is 1.80. The van der Waals surface area contributed by atoms with Gasteiger partial charge < -0.3 is 15.4 Å². The molecule has 7 nitrogen and oxygen atoms in total. The summed E-state index contributed by atoms with van der Waals surface area (Å²) in [7, 11) is 0. The number of benzene rings is 2. The molecule has 0 bridgehead atoms. The van der Waals surface area contributed by atoms with Gasteiger partial charge in [0.1, 0.15) is 12.6 Å². The van der Waals surface area contributed by atoms with Crippen molar-refractivity contribution in [3.63, 3.8) is 0 Å². The normalized spacial score (nSPS) is 12.3. The van der Waals surface area contributed by atoms with Gasteiger partial charge in [-0.25, -0.2) is 4.79 Å². The third kappa shape index (κ3) is 6.68. The maximum Gasteiger partial charge on any atom is 0.408 e. The number of aldehydes is 1. The quantitative estimate of drug-likeness (QED) is 0.509. The number of Topliss-reactive ketones (excluding diaryl/α,β-unsaturated/α-hetero) is 1. The number of nitrogens with one attached hydrogen (secondary N) is 2. The summed E-state index contributed by atoms with van der Waals surface area (Å²) in [6.45, 7) is 1.53. The highest BCUT2D eigenvalue weighted by Gasteiger charge is 2.24. The lowest BCUT2D eigenvalue weighted by Crippen LogP contribution is -2.51. The van der Waals surface area contributed by atoms with Crippen molar-refractivity contribution < 1.29 is 23.9 Å². The van der Waals surface area contributed by atoms with E-state index in [9.17, 15) is 19.2 Å². The van der Waals surface area contributed by atoms with E-state index in [0.29, 0.717) is 0 Å². The monoisotopic (exact) mass is 382 g/mol. The first-order valence-electron chi connectivity index (χ1n) is 8.80. The standard InChI is InChI=1S/C21H22N2O5/c1-15(22-21(27)28-14-17-10-6-3-7-11-17)20(26)23-18(19(25)13-24)12-16-8-4-2-5-9-16/h2-11,13,15,18H,12,14H2,1H3,(H,22,27)(H,23,26)/t15-,18-/m0/s1. The molecule has 0 saturated carbocycles. The molecule has 0 heterocycles. The molecule has 0 aliphatic carbocycles. The summed E-state index contributed by atoms with van der Waals surface area (Å²) in [6.07, 6.45) is -0.400. The second-order valence-corrected chi connectivity index (χ2v) is 6.20. The Hall–Kier alpha value is -3.48. The van der Waals surface area contributed by atoms with Gasteiger partial charge in [-0.1, -0.05) is 60.7 Å². The number of carbonyl (C=O) groups is 4. The average Bonchev–Trinajstić information content (AvgIpc) is 2.72. The van der Waals surface area contributed by atoms with Gasteiger partial charge in [0.15, 0.2) is 6.29 Å². The topological polar surface area (TPSA) is 102 Å². The zero-order valence-electron chi connectivity index (χ0n) is 15.5. The highest BCUT2D eigenvalue weighted by molar-refractivity contribution is 6.28. The summed E-state index contributed by atoms with van der Waals surface area (Å²) in [5, 5.41) is 4.91. The van der Waals surface area contributed by atoms with Crippen molar-refractivity contribution in [2.24, 2.45) is 0 Å². The molecule has 0 aliphatic rings. The molecule has 7 heteroatoms. The van der Waals surface area contributed by atoms with E-state index in [4.69, 9.17) is 4.74 Å². The minimum absolute atomic E-state index is 0.0707. The Morgan fingerprint density at radius 1 is 0.929 bits per heavy atom. The van der Waals surface area contributed by atoms with Gasteiger partial charge in [0.2, 0.25) is 11.7 Å². The third-order valence-corrected chi connectivity index (χ3v) is 4.00. The second kappa shape index (κ2) is 10.6. The SMILES string of the molecule is C[C@H](NC(=O)OCc1ccccc1)C(=O)N[C@@H](Cc1ccccc1)C(=O)C=O. The van der Waals surface area contributed by atoms with Crippen molar-refractivity contribution in [3.8, 4) is 0 Å². The average molecular weight is 382 g/mol. The van der Waals surface area contributed by atoms with Crippen LogP contribution in [0.1, 0.15) is 18.1 Å². The van der Waals surface area contributed by atoms with E-state index >= 15 is 0 Å². The van der Waals surface area contributed by atoms with Gasteiger partial charge in [-0.15, -0.1) is 0 Å². The third-order valence-electron chi connectivity index (χ3n) is 4.00. The van der Waals surface area contributed by atoms with Crippen LogP contribution in [0.5, 0.6) is 0 Å². The minimum Gasteiger partial charge on any atom is -0.445 e. The van der Waals surface area contributed by atoms with E-state index in [2.05, 4.69) is 10.6 Å². The minimum atomic E-state index is -1.00. The fourth-order valence-corrected chi connectivity index (χ4v) is 2.46. The predicted molar refractivity (Wildman–Crippen MR) is 102 cm³/mol. The first-order chi connectivity index (χ1) is 13.5. The number of rotatable bonds is 9. The summed E-state index contributed by atoms with van der Waals surface area (Å²) in [5.41, 5.74) is 1.61. The maximum absolute atomic E-state index is 12.3. The molecule has 28 heavy (non-hydrogen) atoms. The molecule has 0 spiro atoms. The number of ether oxygens (including phenoxy) is 1. The Morgan fingerprint density at radius 2 is 1.50 bits per heavy atom. The molecule has 2 atom stereocenters. The number of hydrogen-bond acceptors (Lipinski definition) is 5. The van der Waals surface area contributed by atoms with Crippen LogP contribution in [-0.4, -0.2) is 36.2 Å². The molecule has 0 radical (unpaired) electrons. The van der Waals surface area contributed by atoms with Crippen molar-refractivity contribution in [2.75, 3.05) is 0 Å². The Balaban J connectivity index is 1.87. The van der Waals surface area contributed by atoms with Gasteiger partial charge in [0, 0.05) is 6.42 Å². The summed E-state index contributed by atoms with van der Waals surface area (Å²) in [4.78, 5) is 46.9. The smallest absolute Gasteiger partial charge is 0.408 e. The van der Waals surface area contributed by atoms with Gasteiger partial charge in [-0.3, -0.25) is 14.4 Å². The van der Waals surface area contributed by atoms with Gasteiger partial charge >= 0.3 is 6.09 Å². The van der Waals surface area contributed by atoms with E-state index < -0.39 is 29.9 Å². The second-order valence-electron chi connectivity index (χ2n) is 6.20. The number of amides is 2. The van der Waals surface area contributed by atoms with E-state index in [1.54, 1.807) is 24.3 Å². The van der Waals surface area contributed by atoms with Crippen LogP contribution in [0, 0.1) is 0 Å². The molecule has 0 unspecified atom stereocenters. The summed E-state index contributed by atoms with van der Waals surface area (Å²) < 4.78 is 5.06. The molecule has 0 fully saturated rings. The van der Waals surface area contributed by atoms with Crippen LogP contribution in [0.15, 0.2) is 60.7 Å². The molecule has 2 rings (SSSR count). The Bertz CT molecular complexity index is 808. The highest BCUT2D eigenvalue weighted by Crippen LogP contribution is 2.05. The lowest BCUT2D eigenvalue weighted by atomic mass is 10.0. The molecule has 0 aromatic heterocycles. The van der Waals surface area contributed by atoms with Crippen LogP contribution in [0.2, 0.25) is 0 Å². The number of ketones is 1. The molecule has 2 amide bonds. The van der Waals surface area contributed by atoms with E-state index in [-0.39, 0.29) is 19.3 Å². The molecule has 0 aliphatic heterocycles. The largest absolute Gasteiger partial charge is 0.445 e. The fourth-order valence-electron chi connectivity index (χ4n) is 2.46. The first-order valence-corrected chi connectivity index (χ1v) is 8.80. The molecular formula is C21H22N2O5. The number of hydrogen-bond donors (Lipinski definition) is 2. The van der Waals surface area contributed by atoms with Crippen LogP contribution in [0.4, 0.5) is 4.79 Å². The van der Waals surface area contributed by atoms with Crippen LogP contribution in [0.3, 0.4) is 0 Å². The molecule has 2 N–H and O–H groups in total. The van der Waals surface area contributed by atoms with Gasteiger partial charge in [-0.2, -0.15) is 0 Å². The van der Waals surface area contributed by atoms with E-state index in [1.165, 1.54) is 6.92 Å². The molecule has 2 aromatic rings. The van der Waals surface area contributed by atoms with Crippen molar-refractivity contribution in [1.29, 1.82) is 0 Å². The Kier molecular flexibility index (Phi) is 7.90. The lowest BCUT2D eigenvalue weighted by Gasteiger charge is -2.19. The Morgan fingerprint density at radius 3 is 2.07 bits per heavy atom. The van der Waals surface area contributed by atoms with E-state index in [1.807, 2.05) is 36.4 Å². The van der Waals surface area contributed by atoms with Crippen LogP contribution in [0.25, 0.3) is 0 Å². The van der Waals surface area contributed by atoms with Gasteiger partial charge in [-0.05, 0) is 18.1 Å². The highest BCUT2D eigenvalue weighted by atomic mass is 16.5. The number of alkyl carbamates (subject to hydrolysis) is 1. The van der Waals surface area contributed by atoms with Crippen LogP contribution in [-0.2, 0) is 32.1 Å². The first kappa shape index (κ1) is 20.8. The molecule has 2 aromatic carbocycles. The zero-order chi connectivity index (χ0) is 20.4. The van der Waals surface area contributed by atoms with Crippen molar-refractivity contribution in [1.82, 2.24) is 10.6 Å². The maximum atomic E-state index is 12.3. The van der Waals surface area contributed by atoms with Crippen molar-refractivity contribution in [2.45, 2.75) is 32.0 Å². The van der Waals surface area contributed by atoms with Gasteiger partial charge in [0.25, 0.3) is 0 Å². The zero-order valence-corrected chi connectivity index (χ0v) is 15.5. The summed E-state index contributed by atoms with van der Waals surface area (Å²) in [5.74, 6) is -1.33. The molecule has 0 saturated heterocycles. The lowest BCUT2D eigenvalue weighted by molar-refractivity contribution is -0.133. The van der Waals surface area contributed by atoms with Crippen LogP contribution < -0.4 is 10.6 Å². The number of carbonyl (C=O) groups excluding carboxylic acids is 4. The van der Waals surface area contributed by atoms with Gasteiger partial charge in [0.05, 0.1) is 6.04 Å². The van der Waals surface area contributed by atoms with Crippen molar-refractivity contribution >= 4 is 24.1 Å². The molecule has 146 valence electrons. The summed E-state index contributed by atoms with van der Waals surface area (Å²) in [6, 6.07) is 16.2. The van der Waals surface area contributed by atoms with Crippen LogP contribution >= 0.6 is 0 Å². The van der Waals surface area contributed by atoms with E-state index in [0.717, 1.165) is 11.1 Å².